The molecule has 2 aromatic rings. The Hall–Kier alpha value is -2.91. The molecule has 2 aromatic carbocycles. The molecule has 29 heavy (non-hydrogen) atoms. The van der Waals surface area contributed by atoms with E-state index in [2.05, 4.69) is 15.4 Å². The molecule has 0 saturated carbocycles. The van der Waals surface area contributed by atoms with Crippen molar-refractivity contribution in [3.8, 4) is 0 Å². The number of nitro groups is 1. The molecule has 152 valence electrons. The summed E-state index contributed by atoms with van der Waals surface area (Å²) in [7, 11) is 0. The number of benzene rings is 2. The standard InChI is InChI=1S/C20H22N4O4S/c1-15(29-18-5-3-2-4-6-18)20(25)22-21-14-16-13-17(24(26)27)7-8-19(16)23-9-11-28-12-10-23/h2-8,13-15H,9-12H2,1H3,(H,22,25)/b21-14-/t15-/m1/s1. The van der Waals surface area contributed by atoms with Crippen LogP contribution in [0.15, 0.2) is 58.5 Å². The van der Waals surface area contributed by atoms with Crippen LogP contribution in [-0.4, -0.2) is 48.6 Å². The van der Waals surface area contributed by atoms with E-state index >= 15 is 0 Å². The summed E-state index contributed by atoms with van der Waals surface area (Å²) in [6.45, 7) is 4.37. The molecule has 1 heterocycles. The number of nitrogens with zero attached hydrogens (tertiary/aromatic N) is 3. The van der Waals surface area contributed by atoms with Crippen molar-refractivity contribution in [2.24, 2.45) is 5.10 Å². The molecule has 1 atom stereocenters. The third kappa shape index (κ3) is 5.78. The molecule has 1 aliphatic rings. The summed E-state index contributed by atoms with van der Waals surface area (Å²) in [5.41, 5.74) is 3.90. The number of hydrogen-bond donors (Lipinski definition) is 1. The molecule has 0 aliphatic carbocycles. The normalized spacial score (nSPS) is 15.3. The van der Waals surface area contributed by atoms with E-state index < -0.39 is 4.92 Å². The van der Waals surface area contributed by atoms with E-state index in [9.17, 15) is 14.9 Å². The Labute approximate surface area is 173 Å². The second kappa shape index (κ2) is 10.0. The van der Waals surface area contributed by atoms with Crippen LogP contribution in [0.2, 0.25) is 0 Å². The number of anilines is 1. The van der Waals surface area contributed by atoms with Gasteiger partial charge in [0.1, 0.15) is 0 Å². The lowest BCUT2D eigenvalue weighted by molar-refractivity contribution is -0.384. The van der Waals surface area contributed by atoms with Gasteiger partial charge in [-0.25, -0.2) is 5.43 Å². The molecule has 9 heteroatoms. The van der Waals surface area contributed by atoms with Gasteiger partial charge in [-0.3, -0.25) is 14.9 Å². The number of hydrogen-bond acceptors (Lipinski definition) is 7. The lowest BCUT2D eigenvalue weighted by atomic mass is 10.1. The van der Waals surface area contributed by atoms with Crippen LogP contribution in [0.3, 0.4) is 0 Å². The third-order valence-corrected chi connectivity index (χ3v) is 5.49. The maximum absolute atomic E-state index is 12.3. The minimum atomic E-state index is -0.447. The molecule has 1 fully saturated rings. The summed E-state index contributed by atoms with van der Waals surface area (Å²) in [6, 6.07) is 14.3. The van der Waals surface area contributed by atoms with E-state index in [1.165, 1.54) is 30.1 Å². The van der Waals surface area contributed by atoms with Crippen LogP contribution < -0.4 is 10.3 Å². The van der Waals surface area contributed by atoms with Crippen molar-refractivity contribution in [3.63, 3.8) is 0 Å². The Kier molecular flexibility index (Phi) is 7.20. The van der Waals surface area contributed by atoms with E-state index in [1.54, 1.807) is 13.0 Å². The minimum absolute atomic E-state index is 0.0252. The zero-order valence-corrected chi connectivity index (χ0v) is 16.8. The second-order valence-electron chi connectivity index (χ2n) is 6.41. The van der Waals surface area contributed by atoms with E-state index in [-0.39, 0.29) is 16.8 Å². The van der Waals surface area contributed by atoms with Gasteiger partial charge in [-0.15, -0.1) is 11.8 Å². The predicted octanol–water partition coefficient (Wildman–Crippen LogP) is 3.06. The van der Waals surface area contributed by atoms with E-state index in [1.807, 2.05) is 30.3 Å². The minimum Gasteiger partial charge on any atom is -0.378 e. The average Bonchev–Trinajstić information content (AvgIpc) is 2.75. The molecule has 3 rings (SSSR count). The Balaban J connectivity index is 1.70. The van der Waals surface area contributed by atoms with Crippen LogP contribution >= 0.6 is 11.8 Å². The maximum Gasteiger partial charge on any atom is 0.270 e. The fourth-order valence-corrected chi connectivity index (χ4v) is 3.75. The van der Waals surface area contributed by atoms with Gasteiger partial charge in [-0.05, 0) is 25.1 Å². The number of rotatable bonds is 7. The zero-order chi connectivity index (χ0) is 20.6. The highest BCUT2D eigenvalue weighted by molar-refractivity contribution is 8.00. The smallest absolute Gasteiger partial charge is 0.270 e. The first-order valence-corrected chi connectivity index (χ1v) is 10.1. The van der Waals surface area contributed by atoms with Gasteiger partial charge in [0.05, 0.1) is 29.6 Å². The van der Waals surface area contributed by atoms with E-state index in [4.69, 9.17) is 4.74 Å². The first-order chi connectivity index (χ1) is 14.0. The highest BCUT2D eigenvalue weighted by atomic mass is 32.2. The number of morpholine rings is 1. The Morgan fingerprint density at radius 2 is 2.00 bits per heavy atom. The Morgan fingerprint density at radius 1 is 1.28 bits per heavy atom. The van der Waals surface area contributed by atoms with Crippen LogP contribution in [-0.2, 0) is 9.53 Å². The second-order valence-corrected chi connectivity index (χ2v) is 7.82. The molecule has 1 aliphatic heterocycles. The summed E-state index contributed by atoms with van der Waals surface area (Å²) in [6.07, 6.45) is 1.45. The van der Waals surface area contributed by atoms with Gasteiger partial charge in [-0.1, -0.05) is 18.2 Å². The average molecular weight is 414 g/mol. The van der Waals surface area contributed by atoms with Crippen LogP contribution in [0, 0.1) is 10.1 Å². The molecule has 1 saturated heterocycles. The fraction of sp³-hybridized carbons (Fsp3) is 0.300. The SMILES string of the molecule is C[C@@H](Sc1ccccc1)C(=O)N/N=C\c1cc([N+](=O)[O-])ccc1N1CCOCC1. The molecule has 0 aromatic heterocycles. The van der Waals surface area contributed by atoms with E-state index in [0.29, 0.717) is 31.9 Å². The summed E-state index contributed by atoms with van der Waals surface area (Å²) in [5.74, 6) is -0.242. The van der Waals surface area contributed by atoms with Gasteiger partial charge in [0, 0.05) is 41.4 Å². The van der Waals surface area contributed by atoms with Gasteiger partial charge < -0.3 is 9.64 Å². The monoisotopic (exact) mass is 414 g/mol. The van der Waals surface area contributed by atoms with Gasteiger partial charge in [0.2, 0.25) is 0 Å². The van der Waals surface area contributed by atoms with Crippen LogP contribution in [0.25, 0.3) is 0 Å². The number of thioether (sulfide) groups is 1. The van der Waals surface area contributed by atoms with Gasteiger partial charge in [0.25, 0.3) is 11.6 Å². The largest absolute Gasteiger partial charge is 0.378 e. The highest BCUT2D eigenvalue weighted by Gasteiger charge is 2.18. The summed E-state index contributed by atoms with van der Waals surface area (Å²) in [4.78, 5) is 26.1. The quantitative estimate of drug-likeness (QED) is 0.324. The molecular weight excluding hydrogens is 392 g/mol. The molecule has 0 spiro atoms. The number of non-ortho nitro benzene ring substituents is 1. The highest BCUT2D eigenvalue weighted by Crippen LogP contribution is 2.25. The summed E-state index contributed by atoms with van der Waals surface area (Å²) >= 11 is 1.43. The number of carbonyl (C=O) groups is 1. The summed E-state index contributed by atoms with van der Waals surface area (Å²) in [5, 5.41) is 14.8. The van der Waals surface area contributed by atoms with Crippen molar-refractivity contribution >= 4 is 35.3 Å². The lowest BCUT2D eigenvalue weighted by Crippen LogP contribution is -2.36. The molecule has 0 bridgehead atoms. The van der Waals surface area contributed by atoms with E-state index in [0.717, 1.165) is 10.6 Å². The maximum atomic E-state index is 12.3. The van der Waals surface area contributed by atoms with Crippen molar-refractivity contribution in [3.05, 3.63) is 64.2 Å². The molecular formula is C20H22N4O4S. The molecule has 8 nitrogen and oxygen atoms in total. The van der Waals surface area contributed by atoms with Crippen molar-refractivity contribution in [2.45, 2.75) is 17.1 Å². The lowest BCUT2D eigenvalue weighted by Gasteiger charge is -2.29. The number of carbonyl (C=O) groups excluding carboxylic acids is 1. The molecule has 1 amide bonds. The first-order valence-electron chi connectivity index (χ1n) is 9.20. The Bertz CT molecular complexity index is 885. The summed E-state index contributed by atoms with van der Waals surface area (Å²) < 4.78 is 5.37. The van der Waals surface area contributed by atoms with Gasteiger partial charge >= 0.3 is 0 Å². The van der Waals surface area contributed by atoms with Crippen LogP contribution in [0.1, 0.15) is 12.5 Å². The van der Waals surface area contributed by atoms with Crippen LogP contribution in [0.5, 0.6) is 0 Å². The van der Waals surface area contributed by atoms with Crippen molar-refractivity contribution in [2.75, 3.05) is 31.2 Å². The molecule has 0 radical (unpaired) electrons. The molecule has 0 unspecified atom stereocenters. The predicted molar refractivity (Wildman–Crippen MR) is 114 cm³/mol. The third-order valence-electron chi connectivity index (χ3n) is 4.38. The number of amides is 1. The van der Waals surface area contributed by atoms with Crippen molar-refractivity contribution in [1.29, 1.82) is 0 Å². The van der Waals surface area contributed by atoms with Crippen LogP contribution in [0.4, 0.5) is 11.4 Å². The first kappa shape index (κ1) is 20.8. The zero-order valence-electron chi connectivity index (χ0n) is 16.0. The fourth-order valence-electron chi connectivity index (χ4n) is 2.86. The number of nitro benzene ring substituents is 1. The van der Waals surface area contributed by atoms with Gasteiger partial charge in [0.15, 0.2) is 0 Å². The van der Waals surface area contributed by atoms with Crippen molar-refractivity contribution < 1.29 is 14.5 Å². The topological polar surface area (TPSA) is 97.1 Å². The number of nitrogens with one attached hydrogen (secondary N) is 1. The number of hydrazone groups is 1. The Morgan fingerprint density at radius 3 is 2.69 bits per heavy atom. The van der Waals surface area contributed by atoms with Crippen molar-refractivity contribution in [1.82, 2.24) is 5.43 Å². The number of ether oxygens (including phenoxy) is 1. The van der Waals surface area contributed by atoms with Gasteiger partial charge in [-0.2, -0.15) is 5.10 Å². The molecule has 1 N–H and O–H groups in total.